The SMILES string of the molecule is Nc1sc2c(c1C(=O)c1cnn(-c3ccc(Cl)cc3)c1)CCSC2. The zero-order valence-electron chi connectivity index (χ0n) is 12.7. The first kappa shape index (κ1) is 15.7. The Morgan fingerprint density at radius 2 is 2.08 bits per heavy atom. The van der Waals surface area contributed by atoms with Crippen LogP contribution < -0.4 is 5.73 Å². The smallest absolute Gasteiger partial charge is 0.199 e. The number of thiophene rings is 1. The van der Waals surface area contributed by atoms with E-state index in [2.05, 4.69) is 5.10 Å². The van der Waals surface area contributed by atoms with Gasteiger partial charge < -0.3 is 5.73 Å². The third kappa shape index (κ3) is 2.75. The molecule has 0 bridgehead atoms. The van der Waals surface area contributed by atoms with Gasteiger partial charge in [0.1, 0.15) is 0 Å². The van der Waals surface area contributed by atoms with Crippen molar-refractivity contribution in [3.05, 3.63) is 63.2 Å². The summed E-state index contributed by atoms with van der Waals surface area (Å²) in [6.07, 6.45) is 4.24. The second-order valence-corrected chi connectivity index (χ2v) is 8.20. The number of carbonyl (C=O) groups is 1. The predicted octanol–water partition coefficient (Wildman–Crippen LogP) is 4.19. The number of nitrogen functional groups attached to an aromatic ring is 1. The Bertz CT molecular complexity index is 915. The molecule has 0 unspecified atom stereocenters. The second-order valence-electron chi connectivity index (χ2n) is 5.52. The Morgan fingerprint density at radius 1 is 1.29 bits per heavy atom. The van der Waals surface area contributed by atoms with Crippen LogP contribution in [0.15, 0.2) is 36.7 Å². The molecule has 0 saturated carbocycles. The van der Waals surface area contributed by atoms with E-state index in [1.165, 1.54) is 16.2 Å². The summed E-state index contributed by atoms with van der Waals surface area (Å²) in [5.74, 6) is 1.94. The lowest BCUT2D eigenvalue weighted by atomic mass is 10.0. The highest BCUT2D eigenvalue weighted by Gasteiger charge is 2.25. The van der Waals surface area contributed by atoms with Gasteiger partial charge in [-0.05, 0) is 42.0 Å². The van der Waals surface area contributed by atoms with Gasteiger partial charge in [0.25, 0.3) is 0 Å². The molecule has 7 heteroatoms. The molecule has 0 amide bonds. The first-order valence-corrected chi connectivity index (χ1v) is 9.81. The fourth-order valence-corrected chi connectivity index (χ4v) is 5.20. The van der Waals surface area contributed by atoms with Crippen molar-refractivity contribution in [2.24, 2.45) is 0 Å². The van der Waals surface area contributed by atoms with E-state index in [1.54, 1.807) is 29.2 Å². The fourth-order valence-electron chi connectivity index (χ4n) is 2.82. The summed E-state index contributed by atoms with van der Waals surface area (Å²) in [5, 5.41) is 5.58. The van der Waals surface area contributed by atoms with Gasteiger partial charge in [0, 0.05) is 21.8 Å². The molecule has 0 spiro atoms. The second kappa shape index (κ2) is 6.27. The van der Waals surface area contributed by atoms with E-state index in [1.807, 2.05) is 23.9 Å². The van der Waals surface area contributed by atoms with Crippen LogP contribution in [0.25, 0.3) is 5.69 Å². The predicted molar refractivity (Wildman–Crippen MR) is 101 cm³/mol. The van der Waals surface area contributed by atoms with Crippen LogP contribution in [0.4, 0.5) is 5.00 Å². The molecular weight excluding hydrogens is 362 g/mol. The molecule has 2 N–H and O–H groups in total. The molecule has 0 saturated heterocycles. The zero-order chi connectivity index (χ0) is 16.7. The average molecular weight is 376 g/mol. The molecule has 0 atom stereocenters. The number of nitrogens with two attached hydrogens (primary N) is 1. The van der Waals surface area contributed by atoms with Gasteiger partial charge in [0.15, 0.2) is 5.78 Å². The van der Waals surface area contributed by atoms with E-state index < -0.39 is 0 Å². The number of carbonyl (C=O) groups excluding carboxylic acids is 1. The van der Waals surface area contributed by atoms with Crippen molar-refractivity contribution < 1.29 is 4.79 Å². The Kier molecular flexibility index (Phi) is 4.12. The molecule has 0 fully saturated rings. The number of nitrogens with zero attached hydrogens (tertiary/aromatic N) is 2. The molecule has 3 aromatic rings. The van der Waals surface area contributed by atoms with Gasteiger partial charge in [-0.1, -0.05) is 11.6 Å². The largest absolute Gasteiger partial charge is 0.390 e. The third-order valence-corrected chi connectivity index (χ3v) is 6.49. The fraction of sp³-hybridized carbons (Fsp3) is 0.176. The third-order valence-electron chi connectivity index (χ3n) is 4.01. The topological polar surface area (TPSA) is 60.9 Å². The Hall–Kier alpha value is -1.76. The van der Waals surface area contributed by atoms with Crippen LogP contribution in [0.5, 0.6) is 0 Å². The molecule has 1 aliphatic heterocycles. The summed E-state index contributed by atoms with van der Waals surface area (Å²) in [4.78, 5) is 14.2. The first-order chi connectivity index (χ1) is 11.6. The minimum Gasteiger partial charge on any atom is -0.390 e. The van der Waals surface area contributed by atoms with Crippen molar-refractivity contribution in [1.82, 2.24) is 9.78 Å². The Balaban J connectivity index is 1.69. The molecule has 3 heterocycles. The quantitative estimate of drug-likeness (QED) is 0.697. The standard InChI is InChI=1S/C17H14ClN3OS2/c18-11-1-3-12(4-2-11)21-8-10(7-20-21)16(22)15-13-5-6-23-9-14(13)24-17(15)19/h1-4,7-8H,5-6,9,19H2. The number of aromatic nitrogens is 2. The number of benzene rings is 1. The van der Waals surface area contributed by atoms with Crippen molar-refractivity contribution in [2.75, 3.05) is 11.5 Å². The number of anilines is 1. The highest BCUT2D eigenvalue weighted by Crippen LogP contribution is 2.38. The molecule has 0 aliphatic carbocycles. The minimum absolute atomic E-state index is 0.0443. The van der Waals surface area contributed by atoms with Crippen molar-refractivity contribution in [2.45, 2.75) is 12.2 Å². The van der Waals surface area contributed by atoms with Crippen LogP contribution in [0, 0.1) is 0 Å². The summed E-state index contributed by atoms with van der Waals surface area (Å²) in [5.41, 5.74) is 9.35. The number of fused-ring (bicyclic) bond motifs is 1. The van der Waals surface area contributed by atoms with Crippen molar-refractivity contribution in [3.63, 3.8) is 0 Å². The number of thioether (sulfide) groups is 1. The van der Waals surface area contributed by atoms with Crippen LogP contribution >= 0.6 is 34.7 Å². The van der Waals surface area contributed by atoms with E-state index in [-0.39, 0.29) is 5.78 Å². The molecule has 4 nitrogen and oxygen atoms in total. The number of halogens is 1. The van der Waals surface area contributed by atoms with Gasteiger partial charge in [0.2, 0.25) is 0 Å². The van der Waals surface area contributed by atoms with E-state index >= 15 is 0 Å². The van der Waals surface area contributed by atoms with Gasteiger partial charge in [0.05, 0.1) is 28.0 Å². The zero-order valence-corrected chi connectivity index (χ0v) is 15.0. The summed E-state index contributed by atoms with van der Waals surface area (Å²) in [7, 11) is 0. The molecule has 122 valence electrons. The van der Waals surface area contributed by atoms with Crippen LogP contribution in [0.2, 0.25) is 5.02 Å². The van der Waals surface area contributed by atoms with E-state index in [0.29, 0.717) is 21.2 Å². The Morgan fingerprint density at radius 3 is 2.88 bits per heavy atom. The van der Waals surface area contributed by atoms with Gasteiger partial charge in [-0.15, -0.1) is 11.3 Å². The van der Waals surface area contributed by atoms with Crippen molar-refractivity contribution >= 4 is 45.5 Å². The monoisotopic (exact) mass is 375 g/mol. The number of ketones is 1. The van der Waals surface area contributed by atoms with E-state index in [9.17, 15) is 4.79 Å². The normalized spacial score (nSPS) is 13.7. The molecule has 24 heavy (non-hydrogen) atoms. The van der Waals surface area contributed by atoms with Crippen molar-refractivity contribution in [1.29, 1.82) is 0 Å². The van der Waals surface area contributed by atoms with Gasteiger partial charge in [-0.3, -0.25) is 4.79 Å². The van der Waals surface area contributed by atoms with Crippen molar-refractivity contribution in [3.8, 4) is 5.69 Å². The Labute approximate surface area is 152 Å². The van der Waals surface area contributed by atoms with Gasteiger partial charge >= 0.3 is 0 Å². The number of hydrogen-bond donors (Lipinski definition) is 1. The highest BCUT2D eigenvalue weighted by atomic mass is 35.5. The first-order valence-electron chi connectivity index (χ1n) is 7.46. The minimum atomic E-state index is -0.0443. The molecule has 2 aromatic heterocycles. The van der Waals surface area contributed by atoms with Gasteiger partial charge in [-0.25, -0.2) is 4.68 Å². The van der Waals surface area contributed by atoms with Crippen LogP contribution in [-0.2, 0) is 12.2 Å². The number of rotatable bonds is 3. The number of hydrogen-bond acceptors (Lipinski definition) is 5. The summed E-state index contributed by atoms with van der Waals surface area (Å²) < 4.78 is 1.68. The van der Waals surface area contributed by atoms with Crippen LogP contribution in [0.1, 0.15) is 26.4 Å². The lowest BCUT2D eigenvalue weighted by molar-refractivity contribution is 0.103. The summed E-state index contributed by atoms with van der Waals surface area (Å²) >= 11 is 9.33. The van der Waals surface area contributed by atoms with Gasteiger partial charge in [-0.2, -0.15) is 16.9 Å². The maximum absolute atomic E-state index is 12.9. The van der Waals surface area contributed by atoms with E-state index in [4.69, 9.17) is 17.3 Å². The lowest BCUT2D eigenvalue weighted by Crippen LogP contribution is -2.08. The highest BCUT2D eigenvalue weighted by molar-refractivity contribution is 7.98. The molecular formula is C17H14ClN3OS2. The molecule has 1 aliphatic rings. The lowest BCUT2D eigenvalue weighted by Gasteiger charge is -2.11. The summed E-state index contributed by atoms with van der Waals surface area (Å²) in [6.45, 7) is 0. The average Bonchev–Trinajstić information content (AvgIpc) is 3.19. The molecule has 0 radical (unpaired) electrons. The molecule has 1 aromatic carbocycles. The van der Waals surface area contributed by atoms with Crippen LogP contribution in [0.3, 0.4) is 0 Å². The summed E-state index contributed by atoms with van der Waals surface area (Å²) in [6, 6.07) is 7.32. The maximum atomic E-state index is 12.9. The maximum Gasteiger partial charge on any atom is 0.199 e. The molecule has 4 rings (SSSR count). The van der Waals surface area contributed by atoms with Crippen LogP contribution in [-0.4, -0.2) is 21.3 Å². The van der Waals surface area contributed by atoms with E-state index in [0.717, 1.165) is 29.2 Å².